The van der Waals surface area contributed by atoms with E-state index in [9.17, 15) is 14.0 Å². The van der Waals surface area contributed by atoms with Crippen molar-refractivity contribution in [3.63, 3.8) is 0 Å². The molecule has 3 aromatic rings. The molecule has 0 unspecified atom stereocenters. The van der Waals surface area contributed by atoms with Gasteiger partial charge < -0.3 is 5.32 Å². The zero-order chi connectivity index (χ0) is 19.5. The Labute approximate surface area is 165 Å². The van der Waals surface area contributed by atoms with Crippen LogP contribution in [-0.4, -0.2) is 31.1 Å². The molecule has 146 valence electrons. The summed E-state index contributed by atoms with van der Waals surface area (Å²) in [7, 11) is 0. The number of amides is 1. The van der Waals surface area contributed by atoms with Crippen LogP contribution in [0.2, 0.25) is 0 Å². The number of hydrogen-bond acceptors (Lipinski definition) is 5. The molecule has 4 rings (SSSR count). The van der Waals surface area contributed by atoms with Crippen LogP contribution in [0.4, 0.5) is 4.39 Å². The first-order valence-corrected chi connectivity index (χ1v) is 10.1. The maximum Gasteiger partial charge on any atom is 0.350 e. The average molecular weight is 401 g/mol. The summed E-state index contributed by atoms with van der Waals surface area (Å²) in [4.78, 5) is 30.0. The molecule has 0 atom stereocenters. The standard InChI is InChI=1S/C19H20FN5O2S/c20-13-6-8-15(9-7-13)28-18-17-23-25(19(27)24(17)11-10-21-18)12-16(26)22-14-4-2-1-3-5-14/h6-11,14H,1-5,12H2,(H,22,26). The second kappa shape index (κ2) is 8.14. The molecule has 9 heteroatoms. The van der Waals surface area contributed by atoms with Gasteiger partial charge in [0.2, 0.25) is 5.91 Å². The van der Waals surface area contributed by atoms with E-state index in [1.807, 2.05) is 0 Å². The van der Waals surface area contributed by atoms with Gasteiger partial charge in [0.15, 0.2) is 5.65 Å². The van der Waals surface area contributed by atoms with Crippen LogP contribution >= 0.6 is 11.8 Å². The number of fused-ring (bicyclic) bond motifs is 1. The number of nitrogens with one attached hydrogen (secondary N) is 1. The van der Waals surface area contributed by atoms with E-state index in [2.05, 4.69) is 15.4 Å². The molecule has 1 amide bonds. The van der Waals surface area contributed by atoms with Gasteiger partial charge in [0.25, 0.3) is 0 Å². The summed E-state index contributed by atoms with van der Waals surface area (Å²) in [5.74, 6) is -0.530. The minimum atomic E-state index is -0.392. The molecule has 1 N–H and O–H groups in total. The molecule has 0 saturated heterocycles. The van der Waals surface area contributed by atoms with Crippen molar-refractivity contribution < 1.29 is 9.18 Å². The molecule has 0 bridgehead atoms. The Morgan fingerprint density at radius 1 is 1.21 bits per heavy atom. The fourth-order valence-electron chi connectivity index (χ4n) is 3.37. The van der Waals surface area contributed by atoms with Crippen LogP contribution in [0.25, 0.3) is 5.65 Å². The molecule has 2 heterocycles. The lowest BCUT2D eigenvalue weighted by Crippen LogP contribution is -2.40. The van der Waals surface area contributed by atoms with E-state index in [1.165, 1.54) is 47.1 Å². The highest BCUT2D eigenvalue weighted by Gasteiger charge is 2.18. The maximum atomic E-state index is 13.1. The van der Waals surface area contributed by atoms with E-state index in [1.54, 1.807) is 12.1 Å². The van der Waals surface area contributed by atoms with Crippen molar-refractivity contribution >= 4 is 23.3 Å². The van der Waals surface area contributed by atoms with E-state index in [4.69, 9.17) is 0 Å². The van der Waals surface area contributed by atoms with E-state index in [-0.39, 0.29) is 24.3 Å². The molecule has 1 fully saturated rings. The van der Waals surface area contributed by atoms with Crippen molar-refractivity contribution in [3.8, 4) is 0 Å². The molecule has 1 aliphatic rings. The maximum absolute atomic E-state index is 13.1. The van der Waals surface area contributed by atoms with E-state index >= 15 is 0 Å². The van der Waals surface area contributed by atoms with Gasteiger partial charge in [-0.05, 0) is 37.1 Å². The summed E-state index contributed by atoms with van der Waals surface area (Å²) >= 11 is 1.28. The summed E-state index contributed by atoms with van der Waals surface area (Å²) < 4.78 is 15.6. The van der Waals surface area contributed by atoms with Crippen molar-refractivity contribution in [2.75, 3.05) is 0 Å². The number of halogens is 1. The van der Waals surface area contributed by atoms with Crippen LogP contribution in [0.5, 0.6) is 0 Å². The van der Waals surface area contributed by atoms with Crippen LogP contribution in [0.15, 0.2) is 51.4 Å². The summed E-state index contributed by atoms with van der Waals surface area (Å²) in [6.45, 7) is -0.127. The van der Waals surface area contributed by atoms with E-state index in [0.29, 0.717) is 10.7 Å². The lowest BCUT2D eigenvalue weighted by molar-refractivity contribution is -0.122. The Bertz CT molecular complexity index is 1040. The smallest absolute Gasteiger partial charge is 0.350 e. The molecule has 1 aromatic carbocycles. The number of carbonyl (C=O) groups is 1. The van der Waals surface area contributed by atoms with Crippen LogP contribution in [0.1, 0.15) is 32.1 Å². The zero-order valence-corrected chi connectivity index (χ0v) is 16.0. The average Bonchev–Trinajstić information content (AvgIpc) is 3.01. The van der Waals surface area contributed by atoms with Crippen molar-refractivity contribution in [3.05, 3.63) is 53.0 Å². The number of nitrogens with zero attached hydrogens (tertiary/aromatic N) is 4. The number of aromatic nitrogens is 4. The molecule has 1 aliphatic carbocycles. The number of carbonyl (C=O) groups excluding carboxylic acids is 1. The van der Waals surface area contributed by atoms with E-state index in [0.717, 1.165) is 35.3 Å². The molecule has 28 heavy (non-hydrogen) atoms. The van der Waals surface area contributed by atoms with Gasteiger partial charge in [-0.2, -0.15) is 0 Å². The van der Waals surface area contributed by atoms with E-state index < -0.39 is 5.69 Å². The fraction of sp³-hybridized carbons (Fsp3) is 0.368. The van der Waals surface area contributed by atoms with Crippen molar-refractivity contribution in [1.29, 1.82) is 0 Å². The Balaban J connectivity index is 1.55. The third-order valence-corrected chi connectivity index (χ3v) is 5.75. The highest BCUT2D eigenvalue weighted by Crippen LogP contribution is 2.28. The third-order valence-electron chi connectivity index (χ3n) is 4.76. The molecule has 0 aliphatic heterocycles. The van der Waals surface area contributed by atoms with Gasteiger partial charge in [-0.3, -0.25) is 4.79 Å². The monoisotopic (exact) mass is 401 g/mol. The summed E-state index contributed by atoms with van der Waals surface area (Å²) in [5, 5.41) is 7.81. The topological polar surface area (TPSA) is 81.3 Å². The predicted molar refractivity (Wildman–Crippen MR) is 103 cm³/mol. The molecular formula is C19H20FN5O2S. The molecular weight excluding hydrogens is 381 g/mol. The van der Waals surface area contributed by atoms with Crippen molar-refractivity contribution in [1.82, 2.24) is 24.5 Å². The Morgan fingerprint density at radius 3 is 2.71 bits per heavy atom. The first-order chi connectivity index (χ1) is 13.6. The zero-order valence-electron chi connectivity index (χ0n) is 15.2. The van der Waals surface area contributed by atoms with Crippen LogP contribution in [0, 0.1) is 5.82 Å². The minimum Gasteiger partial charge on any atom is -0.352 e. The largest absolute Gasteiger partial charge is 0.352 e. The number of benzene rings is 1. The quantitative estimate of drug-likeness (QED) is 0.711. The minimum absolute atomic E-state index is 0.127. The lowest BCUT2D eigenvalue weighted by Gasteiger charge is -2.22. The molecule has 0 radical (unpaired) electrons. The second-order valence-corrected chi connectivity index (χ2v) is 7.89. The molecule has 2 aromatic heterocycles. The highest BCUT2D eigenvalue weighted by atomic mass is 32.2. The van der Waals surface area contributed by atoms with Gasteiger partial charge in [0.1, 0.15) is 17.4 Å². The number of hydrogen-bond donors (Lipinski definition) is 1. The second-order valence-electron chi connectivity index (χ2n) is 6.82. The number of rotatable bonds is 5. The Morgan fingerprint density at radius 2 is 1.96 bits per heavy atom. The van der Waals surface area contributed by atoms with Gasteiger partial charge in [-0.15, -0.1) is 5.10 Å². The van der Waals surface area contributed by atoms with Crippen LogP contribution in [0.3, 0.4) is 0 Å². The molecule has 1 saturated carbocycles. The summed E-state index contributed by atoms with van der Waals surface area (Å²) in [5.41, 5.74) is -0.0237. The summed E-state index contributed by atoms with van der Waals surface area (Å²) in [6.07, 6.45) is 8.44. The first kappa shape index (κ1) is 18.7. The Kier molecular flexibility index (Phi) is 5.43. The Hall–Kier alpha value is -2.68. The van der Waals surface area contributed by atoms with Gasteiger partial charge in [0, 0.05) is 23.3 Å². The SMILES string of the molecule is O=C(Cn1nc2c(Sc3ccc(F)cc3)nccn2c1=O)NC1CCCCC1. The molecule has 7 nitrogen and oxygen atoms in total. The van der Waals surface area contributed by atoms with Crippen molar-refractivity contribution in [2.24, 2.45) is 0 Å². The van der Waals surface area contributed by atoms with Crippen molar-refractivity contribution in [2.45, 2.75) is 54.6 Å². The highest BCUT2D eigenvalue weighted by molar-refractivity contribution is 7.99. The normalized spacial score (nSPS) is 15.0. The van der Waals surface area contributed by atoms with Crippen LogP contribution < -0.4 is 11.0 Å². The van der Waals surface area contributed by atoms with Gasteiger partial charge in [-0.25, -0.2) is 23.3 Å². The molecule has 0 spiro atoms. The third kappa shape index (κ3) is 4.09. The van der Waals surface area contributed by atoms with Gasteiger partial charge in [-0.1, -0.05) is 31.0 Å². The lowest BCUT2D eigenvalue weighted by atomic mass is 9.95. The first-order valence-electron chi connectivity index (χ1n) is 9.27. The predicted octanol–water partition coefficient (Wildman–Crippen LogP) is 2.63. The van der Waals surface area contributed by atoms with Gasteiger partial charge >= 0.3 is 5.69 Å². The fourth-order valence-corrected chi connectivity index (χ4v) is 4.21. The van der Waals surface area contributed by atoms with Gasteiger partial charge in [0.05, 0.1) is 0 Å². The van der Waals surface area contributed by atoms with Crippen LogP contribution in [-0.2, 0) is 11.3 Å². The summed E-state index contributed by atoms with van der Waals surface area (Å²) in [6, 6.07) is 6.18.